The Morgan fingerprint density at radius 2 is 1.81 bits per heavy atom. The van der Waals surface area contributed by atoms with Crippen molar-refractivity contribution in [2.75, 3.05) is 29.9 Å². The Balaban J connectivity index is 1.38. The first-order chi connectivity index (χ1) is 15.0. The third-order valence-corrected chi connectivity index (χ3v) is 5.90. The van der Waals surface area contributed by atoms with E-state index in [1.54, 1.807) is 0 Å². The lowest BCUT2D eigenvalue weighted by Crippen LogP contribution is -2.20. The molecule has 2 heterocycles. The van der Waals surface area contributed by atoms with Crippen LogP contribution in [0, 0.1) is 13.8 Å². The molecule has 2 aromatic carbocycles. The molecule has 4 rings (SSSR count). The van der Waals surface area contributed by atoms with E-state index in [9.17, 15) is 4.79 Å². The van der Waals surface area contributed by atoms with Crippen LogP contribution >= 0.6 is 11.6 Å². The molecule has 0 atom stereocenters. The first-order valence-electron chi connectivity index (χ1n) is 10.4. The van der Waals surface area contributed by atoms with Gasteiger partial charge in [0.2, 0.25) is 0 Å². The molecule has 1 amide bonds. The molecule has 6 nitrogen and oxygen atoms in total. The summed E-state index contributed by atoms with van der Waals surface area (Å²) in [6.07, 6.45) is 2.40. The third-order valence-electron chi connectivity index (χ3n) is 5.30. The molecule has 0 saturated carbocycles. The smallest absolute Gasteiger partial charge is 0.262 e. The zero-order valence-electron chi connectivity index (χ0n) is 17.7. The highest BCUT2D eigenvalue weighted by atomic mass is 35.5. The molecule has 1 aliphatic rings. The summed E-state index contributed by atoms with van der Waals surface area (Å²) < 4.78 is 5.64. The second-order valence-electron chi connectivity index (χ2n) is 7.76. The van der Waals surface area contributed by atoms with E-state index in [1.807, 2.05) is 62.4 Å². The number of carbonyl (C=O) groups excluding carboxylic acids is 1. The molecule has 1 aromatic heterocycles. The van der Waals surface area contributed by atoms with Gasteiger partial charge in [-0.3, -0.25) is 4.79 Å². The predicted molar refractivity (Wildman–Crippen MR) is 124 cm³/mol. The first kappa shape index (κ1) is 21.1. The van der Waals surface area contributed by atoms with Gasteiger partial charge in [-0.05, 0) is 74.2 Å². The number of amides is 1. The van der Waals surface area contributed by atoms with Gasteiger partial charge < -0.3 is 15.0 Å². The molecule has 0 spiro atoms. The maximum absolute atomic E-state index is 12.4. The van der Waals surface area contributed by atoms with Gasteiger partial charge in [-0.15, -0.1) is 10.2 Å². The fourth-order valence-corrected chi connectivity index (χ4v) is 3.79. The lowest BCUT2D eigenvalue weighted by Gasteiger charge is -2.15. The summed E-state index contributed by atoms with van der Waals surface area (Å²) in [4.78, 5) is 14.6. The lowest BCUT2D eigenvalue weighted by atomic mass is 10.1. The van der Waals surface area contributed by atoms with Crippen LogP contribution in [0.25, 0.3) is 11.3 Å². The van der Waals surface area contributed by atoms with Gasteiger partial charge in [-0.25, -0.2) is 0 Å². The number of carbonyl (C=O) groups is 1. The van der Waals surface area contributed by atoms with Crippen molar-refractivity contribution >= 4 is 29.0 Å². The van der Waals surface area contributed by atoms with Gasteiger partial charge in [-0.1, -0.05) is 23.7 Å². The highest BCUT2D eigenvalue weighted by molar-refractivity contribution is 6.32. The number of hydrogen-bond donors (Lipinski definition) is 1. The minimum Gasteiger partial charge on any atom is -0.484 e. The maximum Gasteiger partial charge on any atom is 0.262 e. The van der Waals surface area contributed by atoms with E-state index in [0.717, 1.165) is 41.3 Å². The molecule has 0 radical (unpaired) electrons. The standard InChI is InChI=1S/C24H25ClN4O2/c1-16-12-20(13-17(2)24(16)25)31-15-23(30)26-19-7-5-6-18(14-19)21-8-9-22(28-27-21)29-10-3-4-11-29/h5-9,12-14H,3-4,10-11,15H2,1-2H3,(H,26,30). The van der Waals surface area contributed by atoms with Crippen LogP contribution in [-0.4, -0.2) is 35.8 Å². The van der Waals surface area contributed by atoms with Gasteiger partial charge >= 0.3 is 0 Å². The number of halogens is 1. The Bertz CT molecular complexity index is 1060. The van der Waals surface area contributed by atoms with Gasteiger partial charge in [0, 0.05) is 29.4 Å². The van der Waals surface area contributed by atoms with Gasteiger partial charge in [0.1, 0.15) is 5.75 Å². The summed E-state index contributed by atoms with van der Waals surface area (Å²) in [7, 11) is 0. The molecule has 1 saturated heterocycles. The summed E-state index contributed by atoms with van der Waals surface area (Å²) in [6.45, 7) is 5.80. The molecule has 3 aromatic rings. The molecule has 0 aliphatic carbocycles. The van der Waals surface area contributed by atoms with Gasteiger partial charge in [0.25, 0.3) is 5.91 Å². The number of ether oxygens (including phenoxy) is 1. The van der Waals surface area contributed by atoms with Crippen molar-refractivity contribution in [1.29, 1.82) is 0 Å². The van der Waals surface area contributed by atoms with E-state index in [0.29, 0.717) is 16.5 Å². The monoisotopic (exact) mass is 436 g/mol. The molecule has 1 fully saturated rings. The number of aromatic nitrogens is 2. The number of benzene rings is 2. The molecule has 0 bridgehead atoms. The van der Waals surface area contributed by atoms with Crippen LogP contribution in [0.3, 0.4) is 0 Å². The topological polar surface area (TPSA) is 67.3 Å². The fraction of sp³-hybridized carbons (Fsp3) is 0.292. The number of nitrogens with one attached hydrogen (secondary N) is 1. The Morgan fingerprint density at radius 1 is 1.06 bits per heavy atom. The van der Waals surface area contributed by atoms with Gasteiger partial charge in [-0.2, -0.15) is 0 Å². The molecule has 1 N–H and O–H groups in total. The maximum atomic E-state index is 12.4. The number of anilines is 2. The zero-order chi connectivity index (χ0) is 21.8. The Kier molecular flexibility index (Phi) is 6.37. The summed E-state index contributed by atoms with van der Waals surface area (Å²) in [5.41, 5.74) is 4.17. The molecular formula is C24H25ClN4O2. The summed E-state index contributed by atoms with van der Waals surface area (Å²) in [5.74, 6) is 1.30. The van der Waals surface area contributed by atoms with E-state index < -0.39 is 0 Å². The molecule has 1 aliphatic heterocycles. The SMILES string of the molecule is Cc1cc(OCC(=O)Nc2cccc(-c3ccc(N4CCCC4)nn3)c2)cc(C)c1Cl. The zero-order valence-corrected chi connectivity index (χ0v) is 18.4. The Morgan fingerprint density at radius 3 is 2.48 bits per heavy atom. The minimum atomic E-state index is -0.238. The number of hydrogen-bond acceptors (Lipinski definition) is 5. The van der Waals surface area contributed by atoms with Crippen LogP contribution in [0.15, 0.2) is 48.5 Å². The van der Waals surface area contributed by atoms with Crippen molar-refractivity contribution in [3.63, 3.8) is 0 Å². The quantitative estimate of drug-likeness (QED) is 0.586. The van der Waals surface area contributed by atoms with Crippen LogP contribution in [0.5, 0.6) is 5.75 Å². The normalized spacial score (nSPS) is 13.3. The van der Waals surface area contributed by atoms with Crippen LogP contribution in [0.4, 0.5) is 11.5 Å². The molecule has 160 valence electrons. The average Bonchev–Trinajstić information content (AvgIpc) is 3.31. The van der Waals surface area contributed by atoms with E-state index in [1.165, 1.54) is 12.8 Å². The van der Waals surface area contributed by atoms with E-state index in [4.69, 9.17) is 16.3 Å². The summed E-state index contributed by atoms with van der Waals surface area (Å²) >= 11 is 6.18. The Hall–Kier alpha value is -3.12. The lowest BCUT2D eigenvalue weighted by molar-refractivity contribution is -0.118. The van der Waals surface area contributed by atoms with Crippen molar-refractivity contribution in [2.45, 2.75) is 26.7 Å². The van der Waals surface area contributed by atoms with Crippen molar-refractivity contribution < 1.29 is 9.53 Å². The largest absolute Gasteiger partial charge is 0.484 e. The molecule has 31 heavy (non-hydrogen) atoms. The van der Waals surface area contributed by atoms with Crippen molar-refractivity contribution in [3.05, 3.63) is 64.7 Å². The van der Waals surface area contributed by atoms with Gasteiger partial charge in [0.15, 0.2) is 12.4 Å². The second kappa shape index (κ2) is 9.35. The van der Waals surface area contributed by atoms with E-state index in [2.05, 4.69) is 20.4 Å². The molecular weight excluding hydrogens is 412 g/mol. The highest BCUT2D eigenvalue weighted by Crippen LogP contribution is 2.26. The van der Waals surface area contributed by atoms with Crippen LogP contribution < -0.4 is 15.0 Å². The van der Waals surface area contributed by atoms with Crippen molar-refractivity contribution in [2.24, 2.45) is 0 Å². The summed E-state index contributed by atoms with van der Waals surface area (Å²) in [6, 6.07) is 15.2. The van der Waals surface area contributed by atoms with E-state index >= 15 is 0 Å². The van der Waals surface area contributed by atoms with Gasteiger partial charge in [0.05, 0.1) is 5.69 Å². The highest BCUT2D eigenvalue weighted by Gasteiger charge is 2.14. The molecule has 0 unspecified atom stereocenters. The summed E-state index contributed by atoms with van der Waals surface area (Å²) in [5, 5.41) is 12.3. The van der Waals surface area contributed by atoms with Crippen molar-refractivity contribution in [3.8, 4) is 17.0 Å². The van der Waals surface area contributed by atoms with Crippen molar-refractivity contribution in [1.82, 2.24) is 10.2 Å². The Labute approximate surface area is 187 Å². The third kappa shape index (κ3) is 5.14. The van der Waals surface area contributed by atoms with Crippen LogP contribution in [-0.2, 0) is 4.79 Å². The number of rotatable bonds is 6. The minimum absolute atomic E-state index is 0.0882. The first-order valence-corrected chi connectivity index (χ1v) is 10.8. The second-order valence-corrected chi connectivity index (χ2v) is 8.14. The fourth-order valence-electron chi connectivity index (χ4n) is 3.69. The molecule has 7 heteroatoms. The number of aryl methyl sites for hydroxylation is 2. The van der Waals surface area contributed by atoms with Crippen LogP contribution in [0.1, 0.15) is 24.0 Å². The number of nitrogens with zero attached hydrogens (tertiary/aromatic N) is 3. The average molecular weight is 437 g/mol. The van der Waals surface area contributed by atoms with Crippen LogP contribution in [0.2, 0.25) is 5.02 Å². The van der Waals surface area contributed by atoms with E-state index in [-0.39, 0.29) is 12.5 Å². The predicted octanol–water partition coefficient (Wildman–Crippen LogP) is 5.03.